The van der Waals surface area contributed by atoms with Crippen molar-refractivity contribution in [3.8, 4) is 0 Å². The number of hydrogen-bond acceptors (Lipinski definition) is 3. The molecule has 0 spiro atoms. The van der Waals surface area contributed by atoms with E-state index >= 15 is 0 Å². The molecule has 3 rings (SSSR count). The van der Waals surface area contributed by atoms with E-state index < -0.39 is 0 Å². The number of carbonyl (C=O) groups is 1. The molecule has 1 atom stereocenters. The number of ketones is 1. The lowest BCUT2D eigenvalue weighted by Crippen LogP contribution is -2.32. The number of fused-ring (bicyclic) bond motifs is 1. The Balaban J connectivity index is 1.89. The fraction of sp³-hybridized carbons (Fsp3) is 0.500. The number of para-hydroxylation sites is 1. The molecule has 1 unspecified atom stereocenters. The van der Waals surface area contributed by atoms with Crippen molar-refractivity contribution in [3.05, 3.63) is 35.6 Å². The van der Waals surface area contributed by atoms with Gasteiger partial charge < -0.3 is 9.15 Å². The molecule has 3 nitrogen and oxygen atoms in total. The molecule has 3 heteroatoms. The van der Waals surface area contributed by atoms with E-state index in [4.69, 9.17) is 9.15 Å². The predicted octanol–water partition coefficient (Wildman–Crippen LogP) is 4.52. The number of hydrogen-bond donors (Lipinski definition) is 0. The summed E-state index contributed by atoms with van der Waals surface area (Å²) in [4.78, 5) is 12.7. The molecule has 1 aliphatic rings. The number of furan rings is 1. The van der Waals surface area contributed by atoms with Crippen molar-refractivity contribution in [2.24, 2.45) is 5.92 Å². The van der Waals surface area contributed by atoms with Gasteiger partial charge in [0.1, 0.15) is 11.7 Å². The van der Waals surface area contributed by atoms with Gasteiger partial charge in [-0.2, -0.15) is 0 Å². The minimum Gasteiger partial charge on any atom is -0.453 e. The minimum absolute atomic E-state index is 0.0139. The summed E-state index contributed by atoms with van der Waals surface area (Å²) < 4.78 is 11.3. The second kappa shape index (κ2) is 6.02. The summed E-state index contributed by atoms with van der Waals surface area (Å²) in [6.45, 7) is 2.00. The molecular weight excluding hydrogens is 264 g/mol. The Morgan fingerprint density at radius 2 is 2.05 bits per heavy atom. The summed E-state index contributed by atoms with van der Waals surface area (Å²) in [5.74, 6) is 0.738. The van der Waals surface area contributed by atoms with Crippen molar-refractivity contribution >= 4 is 16.8 Å². The van der Waals surface area contributed by atoms with Crippen LogP contribution >= 0.6 is 0 Å². The van der Waals surface area contributed by atoms with E-state index in [1.54, 1.807) is 7.11 Å². The SMILES string of the molecule is COC(C(=O)c1cc2cccc(C)c2o1)C1CCCCC1. The second-order valence-electron chi connectivity index (χ2n) is 6.02. The summed E-state index contributed by atoms with van der Waals surface area (Å²) in [7, 11) is 1.63. The van der Waals surface area contributed by atoms with Crippen molar-refractivity contribution in [2.75, 3.05) is 7.11 Å². The zero-order valence-corrected chi connectivity index (χ0v) is 12.7. The van der Waals surface area contributed by atoms with E-state index in [-0.39, 0.29) is 11.9 Å². The highest BCUT2D eigenvalue weighted by Gasteiger charge is 2.32. The molecular formula is C18H22O3. The number of rotatable bonds is 4. The molecule has 0 saturated heterocycles. The predicted molar refractivity (Wildman–Crippen MR) is 82.7 cm³/mol. The van der Waals surface area contributed by atoms with Gasteiger partial charge in [-0.25, -0.2) is 0 Å². The van der Waals surface area contributed by atoms with Gasteiger partial charge in [-0.3, -0.25) is 4.79 Å². The Morgan fingerprint density at radius 1 is 1.29 bits per heavy atom. The van der Waals surface area contributed by atoms with Gasteiger partial charge in [0.25, 0.3) is 0 Å². The van der Waals surface area contributed by atoms with Gasteiger partial charge in [0.15, 0.2) is 5.76 Å². The van der Waals surface area contributed by atoms with E-state index in [0.29, 0.717) is 11.7 Å². The van der Waals surface area contributed by atoms with Crippen LogP contribution in [0.5, 0.6) is 0 Å². The molecule has 1 heterocycles. The van der Waals surface area contributed by atoms with Crippen LogP contribution in [-0.2, 0) is 4.74 Å². The van der Waals surface area contributed by atoms with Gasteiger partial charge >= 0.3 is 0 Å². The van der Waals surface area contributed by atoms with Gasteiger partial charge in [-0.05, 0) is 37.3 Å². The molecule has 1 aromatic carbocycles. The summed E-state index contributed by atoms with van der Waals surface area (Å²) in [5, 5.41) is 0.983. The Labute approximate surface area is 125 Å². The third kappa shape index (κ3) is 2.75. The molecule has 0 aliphatic heterocycles. The smallest absolute Gasteiger partial charge is 0.226 e. The normalized spacial score (nSPS) is 18.0. The number of methoxy groups -OCH3 is 1. The van der Waals surface area contributed by atoms with Crippen molar-refractivity contribution in [1.29, 1.82) is 0 Å². The number of Topliss-reactive ketones (excluding diaryl/α,β-unsaturated/α-hetero) is 1. The topological polar surface area (TPSA) is 39.4 Å². The first-order valence-electron chi connectivity index (χ1n) is 7.77. The first kappa shape index (κ1) is 14.3. The molecule has 1 aliphatic carbocycles. The fourth-order valence-electron chi connectivity index (χ4n) is 3.42. The van der Waals surface area contributed by atoms with Gasteiger partial charge in [-0.15, -0.1) is 0 Å². The summed E-state index contributed by atoms with van der Waals surface area (Å²) in [5.41, 5.74) is 1.86. The van der Waals surface area contributed by atoms with Gasteiger partial charge in [0, 0.05) is 12.5 Å². The average molecular weight is 286 g/mol. The first-order valence-corrected chi connectivity index (χ1v) is 7.77. The number of carbonyl (C=O) groups excluding carboxylic acids is 1. The lowest BCUT2D eigenvalue weighted by Gasteiger charge is -2.27. The maximum atomic E-state index is 12.7. The highest BCUT2D eigenvalue weighted by molar-refractivity contribution is 6.01. The highest BCUT2D eigenvalue weighted by atomic mass is 16.5. The van der Waals surface area contributed by atoms with Crippen LogP contribution in [-0.4, -0.2) is 19.0 Å². The molecule has 1 fully saturated rings. The zero-order valence-electron chi connectivity index (χ0n) is 12.7. The Bertz CT molecular complexity index is 635. The lowest BCUT2D eigenvalue weighted by molar-refractivity contribution is 0.0293. The van der Waals surface area contributed by atoms with Crippen LogP contribution in [0.3, 0.4) is 0 Å². The van der Waals surface area contributed by atoms with Crippen molar-refractivity contribution in [3.63, 3.8) is 0 Å². The first-order chi connectivity index (χ1) is 10.2. The Kier molecular flexibility index (Phi) is 4.11. The molecule has 112 valence electrons. The van der Waals surface area contributed by atoms with E-state index in [2.05, 4.69) is 0 Å². The van der Waals surface area contributed by atoms with Gasteiger partial charge in [-0.1, -0.05) is 37.5 Å². The molecule has 0 bridgehead atoms. The summed E-state index contributed by atoms with van der Waals surface area (Å²) >= 11 is 0. The molecule has 0 radical (unpaired) electrons. The maximum Gasteiger partial charge on any atom is 0.226 e. The van der Waals surface area contributed by atoms with Crippen LogP contribution in [0.1, 0.15) is 48.2 Å². The molecule has 1 aromatic heterocycles. The van der Waals surface area contributed by atoms with Gasteiger partial charge in [0.05, 0.1) is 0 Å². The molecule has 2 aromatic rings. The van der Waals surface area contributed by atoms with Crippen LogP contribution in [0.2, 0.25) is 0 Å². The Hall–Kier alpha value is -1.61. The largest absolute Gasteiger partial charge is 0.453 e. The number of aryl methyl sites for hydroxylation is 1. The van der Waals surface area contributed by atoms with E-state index in [0.717, 1.165) is 29.4 Å². The standard InChI is InChI=1S/C18H22O3/c1-12-7-6-10-14-11-15(21-17(12)14)16(19)18(20-2)13-8-4-3-5-9-13/h6-7,10-11,13,18H,3-5,8-9H2,1-2H3. The minimum atomic E-state index is -0.369. The van der Waals surface area contributed by atoms with Gasteiger partial charge in [0.2, 0.25) is 5.78 Å². The van der Waals surface area contributed by atoms with Crippen LogP contribution < -0.4 is 0 Å². The highest BCUT2D eigenvalue weighted by Crippen LogP contribution is 2.31. The van der Waals surface area contributed by atoms with Crippen LogP contribution in [0.25, 0.3) is 11.0 Å². The summed E-state index contributed by atoms with van der Waals surface area (Å²) in [6.07, 6.45) is 5.43. The quantitative estimate of drug-likeness (QED) is 0.776. The zero-order chi connectivity index (χ0) is 14.8. The van der Waals surface area contributed by atoms with Crippen molar-refractivity contribution in [1.82, 2.24) is 0 Å². The molecule has 1 saturated carbocycles. The van der Waals surface area contributed by atoms with E-state index in [1.807, 2.05) is 31.2 Å². The van der Waals surface area contributed by atoms with E-state index in [1.165, 1.54) is 19.3 Å². The van der Waals surface area contributed by atoms with Crippen LogP contribution in [0.4, 0.5) is 0 Å². The monoisotopic (exact) mass is 286 g/mol. The van der Waals surface area contributed by atoms with Crippen molar-refractivity contribution < 1.29 is 13.9 Å². The lowest BCUT2D eigenvalue weighted by atomic mass is 9.83. The molecule has 0 amide bonds. The second-order valence-corrected chi connectivity index (χ2v) is 6.02. The average Bonchev–Trinajstić information content (AvgIpc) is 2.95. The van der Waals surface area contributed by atoms with Crippen LogP contribution in [0.15, 0.2) is 28.7 Å². The number of ether oxygens (including phenoxy) is 1. The molecule has 21 heavy (non-hydrogen) atoms. The third-order valence-corrected chi connectivity index (χ3v) is 4.57. The fourth-order valence-corrected chi connectivity index (χ4v) is 3.42. The molecule has 0 N–H and O–H groups in total. The summed E-state index contributed by atoms with van der Waals surface area (Å²) in [6, 6.07) is 7.80. The maximum absolute atomic E-state index is 12.7. The number of benzene rings is 1. The van der Waals surface area contributed by atoms with Crippen molar-refractivity contribution in [2.45, 2.75) is 45.1 Å². The van der Waals surface area contributed by atoms with E-state index in [9.17, 15) is 4.79 Å². The van der Waals surface area contributed by atoms with Crippen LogP contribution in [0, 0.1) is 12.8 Å². The third-order valence-electron chi connectivity index (χ3n) is 4.57. The Morgan fingerprint density at radius 3 is 2.71 bits per heavy atom.